The Morgan fingerprint density at radius 1 is 1.50 bits per heavy atom. The third-order valence-corrected chi connectivity index (χ3v) is 2.37. The van der Waals surface area contributed by atoms with E-state index in [4.69, 9.17) is 5.73 Å². The second kappa shape index (κ2) is 3.42. The molecule has 2 aromatic heterocycles. The normalized spacial score (nSPS) is 13.4. The molecule has 0 fully saturated rings. The molecule has 74 valence electrons. The van der Waals surface area contributed by atoms with E-state index in [1.165, 1.54) is 11.1 Å². The van der Waals surface area contributed by atoms with Gasteiger partial charge in [0.2, 0.25) is 0 Å². The van der Waals surface area contributed by atoms with Crippen molar-refractivity contribution in [3.8, 4) is 0 Å². The van der Waals surface area contributed by atoms with Gasteiger partial charge in [-0.2, -0.15) is 5.10 Å². The average molecular weight is 189 g/mol. The van der Waals surface area contributed by atoms with Crippen LogP contribution >= 0.6 is 0 Å². The number of aryl methyl sites for hydroxylation is 1. The quantitative estimate of drug-likeness (QED) is 0.778. The standard InChI is InChI=1S/C11H15N3/c1-8(12)7-10-9(2)13-14-6-4-3-5-11(10)14/h3-6,8H,7,12H2,1-2H3. The minimum absolute atomic E-state index is 0.182. The van der Waals surface area contributed by atoms with E-state index in [0.717, 1.165) is 12.1 Å². The second-order valence-electron chi connectivity index (χ2n) is 3.78. The average Bonchev–Trinajstić information content (AvgIpc) is 2.43. The zero-order valence-electron chi connectivity index (χ0n) is 8.57. The Bertz CT molecular complexity index is 443. The predicted octanol–water partition coefficient (Wildman–Crippen LogP) is 1.53. The Kier molecular flexibility index (Phi) is 2.25. The fourth-order valence-corrected chi connectivity index (χ4v) is 1.74. The zero-order chi connectivity index (χ0) is 10.1. The van der Waals surface area contributed by atoms with Gasteiger partial charge < -0.3 is 5.73 Å². The molecule has 0 aliphatic heterocycles. The van der Waals surface area contributed by atoms with Crippen molar-refractivity contribution in [1.82, 2.24) is 9.61 Å². The molecule has 0 aromatic carbocycles. The Morgan fingerprint density at radius 2 is 2.29 bits per heavy atom. The Balaban J connectivity index is 2.56. The topological polar surface area (TPSA) is 43.3 Å². The minimum Gasteiger partial charge on any atom is -0.328 e. The highest BCUT2D eigenvalue weighted by Gasteiger charge is 2.09. The summed E-state index contributed by atoms with van der Waals surface area (Å²) in [5.41, 5.74) is 9.32. The van der Waals surface area contributed by atoms with Crippen molar-refractivity contribution in [2.45, 2.75) is 26.3 Å². The third-order valence-electron chi connectivity index (χ3n) is 2.37. The minimum atomic E-state index is 0.182. The van der Waals surface area contributed by atoms with Crippen molar-refractivity contribution in [1.29, 1.82) is 0 Å². The first-order valence-electron chi connectivity index (χ1n) is 4.87. The van der Waals surface area contributed by atoms with Crippen LogP contribution in [0.3, 0.4) is 0 Å². The first-order valence-corrected chi connectivity index (χ1v) is 4.87. The zero-order valence-corrected chi connectivity index (χ0v) is 8.57. The summed E-state index contributed by atoms with van der Waals surface area (Å²) in [5, 5.41) is 4.43. The molecule has 2 rings (SSSR count). The van der Waals surface area contributed by atoms with Crippen LogP contribution in [0.15, 0.2) is 24.4 Å². The fourth-order valence-electron chi connectivity index (χ4n) is 1.74. The van der Waals surface area contributed by atoms with Crippen molar-refractivity contribution in [2.24, 2.45) is 5.73 Å². The Labute approximate surface area is 83.5 Å². The van der Waals surface area contributed by atoms with Gasteiger partial charge in [0.15, 0.2) is 0 Å². The summed E-state index contributed by atoms with van der Waals surface area (Å²) in [6, 6.07) is 6.27. The lowest BCUT2D eigenvalue weighted by Crippen LogP contribution is -2.18. The number of hydrogen-bond donors (Lipinski definition) is 1. The lowest BCUT2D eigenvalue weighted by Gasteiger charge is -2.03. The van der Waals surface area contributed by atoms with E-state index in [9.17, 15) is 0 Å². The summed E-state index contributed by atoms with van der Waals surface area (Å²) in [6.45, 7) is 4.05. The van der Waals surface area contributed by atoms with E-state index < -0.39 is 0 Å². The molecule has 0 aliphatic rings. The summed E-state index contributed by atoms with van der Waals surface area (Å²) in [4.78, 5) is 0. The maximum absolute atomic E-state index is 5.81. The monoisotopic (exact) mass is 189 g/mol. The number of rotatable bonds is 2. The van der Waals surface area contributed by atoms with Crippen LogP contribution < -0.4 is 5.73 Å². The number of pyridine rings is 1. The van der Waals surface area contributed by atoms with Gasteiger partial charge in [0.1, 0.15) is 0 Å². The second-order valence-corrected chi connectivity index (χ2v) is 3.78. The van der Waals surface area contributed by atoms with Crippen LogP contribution in [0.1, 0.15) is 18.2 Å². The van der Waals surface area contributed by atoms with E-state index in [-0.39, 0.29) is 6.04 Å². The van der Waals surface area contributed by atoms with Gasteiger partial charge in [0, 0.05) is 17.8 Å². The molecule has 0 spiro atoms. The van der Waals surface area contributed by atoms with Crippen molar-refractivity contribution >= 4 is 5.52 Å². The van der Waals surface area contributed by atoms with Crippen molar-refractivity contribution < 1.29 is 0 Å². The van der Waals surface area contributed by atoms with Crippen LogP contribution in [0.4, 0.5) is 0 Å². The molecular weight excluding hydrogens is 174 g/mol. The maximum Gasteiger partial charge on any atom is 0.0696 e. The fraction of sp³-hybridized carbons (Fsp3) is 0.364. The van der Waals surface area contributed by atoms with Crippen LogP contribution in [0, 0.1) is 6.92 Å². The maximum atomic E-state index is 5.81. The number of aromatic nitrogens is 2. The van der Waals surface area contributed by atoms with Crippen LogP contribution in [0.5, 0.6) is 0 Å². The van der Waals surface area contributed by atoms with Gasteiger partial charge in [-0.3, -0.25) is 0 Å². The molecule has 2 aromatic rings. The number of nitrogens with two attached hydrogens (primary N) is 1. The number of nitrogens with zero attached hydrogens (tertiary/aromatic N) is 2. The molecule has 3 nitrogen and oxygen atoms in total. The molecule has 0 aliphatic carbocycles. The van der Waals surface area contributed by atoms with Crippen molar-refractivity contribution in [2.75, 3.05) is 0 Å². The van der Waals surface area contributed by atoms with Crippen LogP contribution in [-0.4, -0.2) is 15.7 Å². The van der Waals surface area contributed by atoms with E-state index >= 15 is 0 Å². The lowest BCUT2D eigenvalue weighted by molar-refractivity contribution is 0.738. The van der Waals surface area contributed by atoms with Gasteiger partial charge in [0.05, 0.1) is 11.2 Å². The summed E-state index contributed by atoms with van der Waals surface area (Å²) < 4.78 is 1.91. The van der Waals surface area contributed by atoms with E-state index in [1.807, 2.05) is 36.7 Å². The summed E-state index contributed by atoms with van der Waals surface area (Å²) >= 11 is 0. The van der Waals surface area contributed by atoms with Crippen molar-refractivity contribution in [3.63, 3.8) is 0 Å². The Hall–Kier alpha value is -1.35. The molecule has 2 heterocycles. The predicted molar refractivity (Wildman–Crippen MR) is 57.3 cm³/mol. The summed E-state index contributed by atoms with van der Waals surface area (Å²) in [7, 11) is 0. The first-order chi connectivity index (χ1) is 6.68. The molecule has 0 radical (unpaired) electrons. The van der Waals surface area contributed by atoms with Crippen LogP contribution in [0.2, 0.25) is 0 Å². The molecular formula is C11H15N3. The van der Waals surface area contributed by atoms with Gasteiger partial charge in [-0.25, -0.2) is 4.52 Å². The largest absolute Gasteiger partial charge is 0.328 e. The van der Waals surface area contributed by atoms with E-state index in [2.05, 4.69) is 11.2 Å². The summed E-state index contributed by atoms with van der Waals surface area (Å²) in [6.07, 6.45) is 2.85. The Morgan fingerprint density at radius 3 is 3.00 bits per heavy atom. The first kappa shape index (κ1) is 9.21. The van der Waals surface area contributed by atoms with E-state index in [1.54, 1.807) is 0 Å². The van der Waals surface area contributed by atoms with Gasteiger partial charge in [-0.05, 0) is 32.4 Å². The molecule has 1 atom stereocenters. The highest BCUT2D eigenvalue weighted by Crippen LogP contribution is 2.16. The van der Waals surface area contributed by atoms with Crippen LogP contribution in [-0.2, 0) is 6.42 Å². The SMILES string of the molecule is Cc1nn2ccccc2c1CC(C)N. The van der Waals surface area contributed by atoms with Crippen molar-refractivity contribution in [3.05, 3.63) is 35.7 Å². The van der Waals surface area contributed by atoms with Gasteiger partial charge in [-0.1, -0.05) is 6.07 Å². The van der Waals surface area contributed by atoms with Gasteiger partial charge >= 0.3 is 0 Å². The molecule has 2 N–H and O–H groups in total. The molecule has 3 heteroatoms. The molecule has 1 unspecified atom stereocenters. The number of hydrogen-bond acceptors (Lipinski definition) is 2. The molecule has 14 heavy (non-hydrogen) atoms. The third kappa shape index (κ3) is 1.51. The number of fused-ring (bicyclic) bond motifs is 1. The lowest BCUT2D eigenvalue weighted by atomic mass is 10.1. The molecule has 0 saturated carbocycles. The molecule has 0 amide bonds. The van der Waals surface area contributed by atoms with Gasteiger partial charge in [0.25, 0.3) is 0 Å². The van der Waals surface area contributed by atoms with E-state index in [0.29, 0.717) is 0 Å². The molecule has 0 bridgehead atoms. The highest BCUT2D eigenvalue weighted by atomic mass is 15.2. The van der Waals surface area contributed by atoms with Gasteiger partial charge in [-0.15, -0.1) is 0 Å². The highest BCUT2D eigenvalue weighted by molar-refractivity contribution is 5.56. The smallest absolute Gasteiger partial charge is 0.0696 e. The summed E-state index contributed by atoms with van der Waals surface area (Å²) in [5.74, 6) is 0. The molecule has 0 saturated heterocycles. The van der Waals surface area contributed by atoms with Crippen LogP contribution in [0.25, 0.3) is 5.52 Å².